The van der Waals surface area contributed by atoms with Crippen molar-refractivity contribution in [1.82, 2.24) is 5.32 Å². The van der Waals surface area contributed by atoms with Gasteiger partial charge in [0, 0.05) is 13.2 Å². The summed E-state index contributed by atoms with van der Waals surface area (Å²) in [5.41, 5.74) is 0. The van der Waals surface area contributed by atoms with Crippen LogP contribution in [0, 0.1) is 5.82 Å². The number of sulfone groups is 1. The molecule has 1 unspecified atom stereocenters. The fraction of sp³-hybridized carbons (Fsp3) is 0.500. The summed E-state index contributed by atoms with van der Waals surface area (Å²) in [6, 6.07) is 5.05. The maximum Gasteiger partial charge on any atom is 0.182 e. The van der Waals surface area contributed by atoms with Gasteiger partial charge in [-0.1, -0.05) is 19.1 Å². The number of rotatable bonds is 7. The van der Waals surface area contributed by atoms with Crippen molar-refractivity contribution >= 4 is 9.84 Å². The molecule has 0 fully saturated rings. The van der Waals surface area contributed by atoms with Gasteiger partial charge in [0.1, 0.15) is 10.7 Å². The van der Waals surface area contributed by atoms with E-state index in [1.54, 1.807) is 0 Å². The summed E-state index contributed by atoms with van der Waals surface area (Å²) in [5, 5.41) is 3.00. The molecule has 0 bridgehead atoms. The Hall–Kier alpha value is -0.980. The van der Waals surface area contributed by atoms with E-state index in [4.69, 9.17) is 4.74 Å². The number of likely N-dealkylation sites (N-methyl/N-ethyl adjacent to an activating group) is 1. The highest BCUT2D eigenvalue weighted by molar-refractivity contribution is 7.91. The Labute approximate surface area is 107 Å². The van der Waals surface area contributed by atoms with Gasteiger partial charge in [0.25, 0.3) is 0 Å². The number of methoxy groups -OCH3 is 1. The lowest BCUT2D eigenvalue weighted by Crippen LogP contribution is -2.39. The number of benzene rings is 1. The molecule has 0 heterocycles. The molecule has 1 rings (SSSR count). The second kappa shape index (κ2) is 6.82. The van der Waals surface area contributed by atoms with E-state index in [1.807, 2.05) is 6.92 Å². The zero-order valence-corrected chi connectivity index (χ0v) is 11.3. The van der Waals surface area contributed by atoms with E-state index < -0.39 is 15.7 Å². The molecule has 0 spiro atoms. The van der Waals surface area contributed by atoms with E-state index in [2.05, 4.69) is 5.32 Å². The van der Waals surface area contributed by atoms with Crippen LogP contribution in [0.25, 0.3) is 0 Å². The minimum absolute atomic E-state index is 0.185. The highest BCUT2D eigenvalue weighted by atomic mass is 32.2. The van der Waals surface area contributed by atoms with Crippen LogP contribution in [0.5, 0.6) is 0 Å². The molecule has 0 saturated carbocycles. The van der Waals surface area contributed by atoms with E-state index in [-0.39, 0.29) is 23.3 Å². The molecule has 18 heavy (non-hydrogen) atoms. The molecule has 1 N–H and O–H groups in total. The van der Waals surface area contributed by atoms with Crippen molar-refractivity contribution in [2.45, 2.75) is 17.9 Å². The zero-order chi connectivity index (χ0) is 13.6. The summed E-state index contributed by atoms with van der Waals surface area (Å²) in [5.74, 6) is -0.902. The van der Waals surface area contributed by atoms with Crippen molar-refractivity contribution < 1.29 is 17.5 Å². The van der Waals surface area contributed by atoms with E-state index in [1.165, 1.54) is 25.3 Å². The standard InChI is InChI=1S/C12H18FNO3S/c1-3-14-10(8-17-2)9-18(15,16)12-7-5-4-6-11(12)13/h4-7,10,14H,3,8-9H2,1-2H3. The van der Waals surface area contributed by atoms with Crippen molar-refractivity contribution in [3.8, 4) is 0 Å². The summed E-state index contributed by atoms with van der Waals surface area (Å²) < 4.78 is 42.6. The Morgan fingerprint density at radius 2 is 2.06 bits per heavy atom. The van der Waals surface area contributed by atoms with Crippen molar-refractivity contribution in [2.75, 3.05) is 26.0 Å². The van der Waals surface area contributed by atoms with Crippen LogP contribution in [0.15, 0.2) is 29.2 Å². The summed E-state index contributed by atoms with van der Waals surface area (Å²) >= 11 is 0. The predicted octanol–water partition coefficient (Wildman–Crippen LogP) is 1.22. The molecular weight excluding hydrogens is 257 g/mol. The summed E-state index contributed by atoms with van der Waals surface area (Å²) in [4.78, 5) is -0.260. The lowest BCUT2D eigenvalue weighted by Gasteiger charge is -2.17. The summed E-state index contributed by atoms with van der Waals surface area (Å²) in [6.07, 6.45) is 0. The second-order valence-electron chi connectivity index (χ2n) is 3.92. The molecule has 4 nitrogen and oxygen atoms in total. The molecule has 0 radical (unpaired) electrons. The SMILES string of the molecule is CCNC(COC)CS(=O)(=O)c1ccccc1F. The number of halogens is 1. The van der Waals surface area contributed by atoms with Gasteiger partial charge >= 0.3 is 0 Å². The van der Waals surface area contributed by atoms with Crippen molar-refractivity contribution in [3.05, 3.63) is 30.1 Å². The largest absolute Gasteiger partial charge is 0.383 e. The highest BCUT2D eigenvalue weighted by Crippen LogP contribution is 2.16. The first-order chi connectivity index (χ1) is 8.51. The fourth-order valence-electron chi connectivity index (χ4n) is 1.71. The third-order valence-electron chi connectivity index (χ3n) is 2.45. The van der Waals surface area contributed by atoms with Gasteiger partial charge in [0.2, 0.25) is 0 Å². The smallest absolute Gasteiger partial charge is 0.182 e. The minimum atomic E-state index is -3.65. The van der Waals surface area contributed by atoms with Gasteiger partial charge in [-0.2, -0.15) is 0 Å². The van der Waals surface area contributed by atoms with Crippen LogP contribution in [0.3, 0.4) is 0 Å². The molecule has 1 aromatic rings. The molecule has 6 heteroatoms. The predicted molar refractivity (Wildman–Crippen MR) is 67.8 cm³/mol. The first-order valence-electron chi connectivity index (χ1n) is 5.71. The topological polar surface area (TPSA) is 55.4 Å². The van der Waals surface area contributed by atoms with Gasteiger partial charge in [-0.15, -0.1) is 0 Å². The molecule has 0 aliphatic rings. The Bertz CT molecular complexity index is 470. The fourth-order valence-corrected chi connectivity index (χ4v) is 3.28. The monoisotopic (exact) mass is 275 g/mol. The Kier molecular flexibility index (Phi) is 5.71. The molecule has 0 aromatic heterocycles. The van der Waals surface area contributed by atoms with Crippen LogP contribution in [0.4, 0.5) is 4.39 Å². The van der Waals surface area contributed by atoms with E-state index in [0.717, 1.165) is 6.07 Å². The van der Waals surface area contributed by atoms with Crippen LogP contribution in [-0.2, 0) is 14.6 Å². The summed E-state index contributed by atoms with van der Waals surface area (Å²) in [6.45, 7) is 2.76. The summed E-state index contributed by atoms with van der Waals surface area (Å²) in [7, 11) is -2.15. The number of ether oxygens (including phenoxy) is 1. The second-order valence-corrected chi connectivity index (χ2v) is 5.92. The van der Waals surface area contributed by atoms with E-state index in [0.29, 0.717) is 6.54 Å². The minimum Gasteiger partial charge on any atom is -0.383 e. The first-order valence-corrected chi connectivity index (χ1v) is 7.36. The van der Waals surface area contributed by atoms with Crippen molar-refractivity contribution in [2.24, 2.45) is 0 Å². The van der Waals surface area contributed by atoms with Crippen LogP contribution in [-0.4, -0.2) is 40.5 Å². The molecule has 0 saturated heterocycles. The maximum absolute atomic E-state index is 13.5. The van der Waals surface area contributed by atoms with Gasteiger partial charge in [-0.3, -0.25) is 0 Å². The van der Waals surface area contributed by atoms with Crippen LogP contribution >= 0.6 is 0 Å². The molecule has 0 amide bonds. The van der Waals surface area contributed by atoms with Gasteiger partial charge < -0.3 is 10.1 Å². The Morgan fingerprint density at radius 1 is 1.39 bits per heavy atom. The van der Waals surface area contributed by atoms with Gasteiger partial charge in [-0.05, 0) is 18.7 Å². The Balaban J connectivity index is 2.90. The first kappa shape index (κ1) is 15.1. The lowest BCUT2D eigenvalue weighted by atomic mass is 10.3. The van der Waals surface area contributed by atoms with Crippen LogP contribution in [0.2, 0.25) is 0 Å². The van der Waals surface area contributed by atoms with Gasteiger partial charge in [0.15, 0.2) is 9.84 Å². The van der Waals surface area contributed by atoms with Gasteiger partial charge in [-0.25, -0.2) is 12.8 Å². The average molecular weight is 275 g/mol. The van der Waals surface area contributed by atoms with Crippen LogP contribution < -0.4 is 5.32 Å². The Morgan fingerprint density at radius 3 is 2.61 bits per heavy atom. The third kappa shape index (κ3) is 4.04. The molecule has 0 aliphatic carbocycles. The zero-order valence-electron chi connectivity index (χ0n) is 10.5. The van der Waals surface area contributed by atoms with Gasteiger partial charge in [0.05, 0.1) is 12.4 Å². The number of hydrogen-bond donors (Lipinski definition) is 1. The van der Waals surface area contributed by atoms with E-state index >= 15 is 0 Å². The average Bonchev–Trinajstić information content (AvgIpc) is 2.29. The third-order valence-corrected chi connectivity index (χ3v) is 4.30. The highest BCUT2D eigenvalue weighted by Gasteiger charge is 2.23. The number of nitrogens with one attached hydrogen (secondary N) is 1. The lowest BCUT2D eigenvalue weighted by molar-refractivity contribution is 0.174. The molecule has 0 aliphatic heterocycles. The quantitative estimate of drug-likeness (QED) is 0.813. The van der Waals surface area contributed by atoms with Crippen molar-refractivity contribution in [1.29, 1.82) is 0 Å². The maximum atomic E-state index is 13.5. The van der Waals surface area contributed by atoms with E-state index in [9.17, 15) is 12.8 Å². The molecule has 1 atom stereocenters. The molecular formula is C12H18FNO3S. The normalized spacial score (nSPS) is 13.5. The molecule has 102 valence electrons. The van der Waals surface area contributed by atoms with Crippen LogP contribution in [0.1, 0.15) is 6.92 Å². The number of hydrogen-bond acceptors (Lipinski definition) is 4. The van der Waals surface area contributed by atoms with Crippen molar-refractivity contribution in [3.63, 3.8) is 0 Å². The molecule has 1 aromatic carbocycles.